The summed E-state index contributed by atoms with van der Waals surface area (Å²) in [6.45, 7) is 7.90. The van der Waals surface area contributed by atoms with Crippen LogP contribution in [0.2, 0.25) is 0 Å². The van der Waals surface area contributed by atoms with Crippen LogP contribution in [0.3, 0.4) is 0 Å². The number of carbonyl (C=O) groups excluding carboxylic acids is 1. The number of thiazole rings is 1. The second-order valence-electron chi connectivity index (χ2n) is 5.83. The van der Waals surface area contributed by atoms with Crippen LogP contribution in [0, 0.1) is 0 Å². The Morgan fingerprint density at radius 3 is 2.95 bits per heavy atom. The van der Waals surface area contributed by atoms with Gasteiger partial charge in [-0.05, 0) is 19.8 Å². The Morgan fingerprint density at radius 1 is 1.57 bits per heavy atom. The van der Waals surface area contributed by atoms with E-state index in [2.05, 4.69) is 27.5 Å². The lowest BCUT2D eigenvalue weighted by Gasteiger charge is -2.31. The fourth-order valence-corrected chi connectivity index (χ4v) is 3.68. The van der Waals surface area contributed by atoms with Crippen LogP contribution in [0.4, 0.5) is 5.13 Å². The molecule has 2 fully saturated rings. The van der Waals surface area contributed by atoms with Gasteiger partial charge in [0.2, 0.25) is 5.91 Å². The van der Waals surface area contributed by atoms with Crippen molar-refractivity contribution in [3.8, 4) is 0 Å². The molecule has 1 saturated heterocycles. The summed E-state index contributed by atoms with van der Waals surface area (Å²) in [6, 6.07) is 0.938. The largest absolute Gasteiger partial charge is 0.312 e. The summed E-state index contributed by atoms with van der Waals surface area (Å²) in [4.78, 5) is 20.7. The first-order valence-corrected chi connectivity index (χ1v) is 8.21. The maximum Gasteiger partial charge on any atom is 0.225 e. The van der Waals surface area contributed by atoms with Crippen LogP contribution in [0.5, 0.6) is 0 Å². The molecule has 1 amide bonds. The number of piperazine rings is 1. The Hall–Kier alpha value is -0.690. The van der Waals surface area contributed by atoms with E-state index < -0.39 is 0 Å². The molecule has 0 spiro atoms. The highest BCUT2D eigenvalue weighted by Crippen LogP contribution is 2.33. The van der Waals surface area contributed by atoms with Gasteiger partial charge in [0.1, 0.15) is 0 Å². The van der Waals surface area contributed by atoms with E-state index in [9.17, 15) is 4.79 Å². The molecule has 3 rings (SSSR count). The van der Waals surface area contributed by atoms with Crippen molar-refractivity contribution in [2.24, 2.45) is 0 Å². The minimum absolute atomic E-state index is 0. The summed E-state index contributed by atoms with van der Waals surface area (Å²) in [5.74, 6) is 0.115. The average Bonchev–Trinajstić information content (AvgIpc) is 3.10. The zero-order valence-electron chi connectivity index (χ0n) is 12.5. The molecule has 5 nitrogen and oxygen atoms in total. The standard InChI is InChI=1S/C14H22N4OS.ClH/c1-10-7-17(6-5-15-10)8-12-9-20-14(16-12)18(11(2)19)13-3-4-13;/h9-10,13,15H,3-8H2,1-2H3;1H/t10-;/m0./s1. The minimum atomic E-state index is 0. The fourth-order valence-electron chi connectivity index (χ4n) is 2.75. The van der Waals surface area contributed by atoms with E-state index in [0.29, 0.717) is 12.1 Å². The molecule has 118 valence electrons. The first-order valence-electron chi connectivity index (χ1n) is 7.33. The number of anilines is 1. The van der Waals surface area contributed by atoms with Crippen molar-refractivity contribution in [1.29, 1.82) is 0 Å². The molecule has 2 aliphatic rings. The third-order valence-corrected chi connectivity index (χ3v) is 4.72. The van der Waals surface area contributed by atoms with Crippen LogP contribution in [0.1, 0.15) is 32.4 Å². The predicted octanol–water partition coefficient (Wildman–Crippen LogP) is 1.87. The lowest BCUT2D eigenvalue weighted by molar-refractivity contribution is -0.116. The van der Waals surface area contributed by atoms with Crippen LogP contribution in [0.25, 0.3) is 0 Å². The molecule has 2 heterocycles. The molecule has 0 aromatic carbocycles. The third-order valence-electron chi connectivity index (χ3n) is 3.84. The van der Waals surface area contributed by atoms with E-state index in [-0.39, 0.29) is 18.3 Å². The molecule has 7 heteroatoms. The number of hydrogen-bond acceptors (Lipinski definition) is 5. The molecule has 0 bridgehead atoms. The summed E-state index contributed by atoms with van der Waals surface area (Å²) in [6.07, 6.45) is 2.23. The van der Waals surface area contributed by atoms with E-state index >= 15 is 0 Å². The van der Waals surface area contributed by atoms with Gasteiger partial charge < -0.3 is 5.32 Å². The molecular formula is C14H23ClN4OS. The van der Waals surface area contributed by atoms with Crippen molar-refractivity contribution >= 4 is 34.8 Å². The molecule has 1 aromatic heterocycles. The van der Waals surface area contributed by atoms with Gasteiger partial charge in [-0.25, -0.2) is 4.98 Å². The zero-order chi connectivity index (χ0) is 14.1. The van der Waals surface area contributed by atoms with Gasteiger partial charge >= 0.3 is 0 Å². The van der Waals surface area contributed by atoms with Gasteiger partial charge in [0, 0.05) is 50.6 Å². The summed E-state index contributed by atoms with van der Waals surface area (Å²) >= 11 is 1.60. The number of amides is 1. The molecule has 0 unspecified atom stereocenters. The van der Waals surface area contributed by atoms with E-state index in [1.807, 2.05) is 4.90 Å². The van der Waals surface area contributed by atoms with E-state index in [1.165, 1.54) is 0 Å². The molecule has 21 heavy (non-hydrogen) atoms. The number of hydrogen-bond donors (Lipinski definition) is 1. The van der Waals surface area contributed by atoms with Gasteiger partial charge in [0.15, 0.2) is 5.13 Å². The van der Waals surface area contributed by atoms with E-state index in [4.69, 9.17) is 0 Å². The Kier molecular flexibility index (Phi) is 5.60. The highest BCUT2D eigenvalue weighted by molar-refractivity contribution is 7.14. The average molecular weight is 331 g/mol. The first kappa shape index (κ1) is 16.7. The monoisotopic (exact) mass is 330 g/mol. The van der Waals surface area contributed by atoms with Crippen LogP contribution >= 0.6 is 23.7 Å². The maximum absolute atomic E-state index is 11.7. The second-order valence-corrected chi connectivity index (χ2v) is 6.67. The molecule has 0 radical (unpaired) electrons. The van der Waals surface area contributed by atoms with Gasteiger partial charge in [-0.15, -0.1) is 23.7 Å². The molecular weight excluding hydrogens is 308 g/mol. The number of nitrogens with zero attached hydrogens (tertiary/aromatic N) is 3. The quantitative estimate of drug-likeness (QED) is 0.915. The molecule has 1 atom stereocenters. The summed E-state index contributed by atoms with van der Waals surface area (Å²) in [7, 11) is 0. The maximum atomic E-state index is 11.7. The Morgan fingerprint density at radius 2 is 2.33 bits per heavy atom. The lowest BCUT2D eigenvalue weighted by atomic mass is 10.2. The SMILES string of the molecule is CC(=O)N(c1nc(CN2CCN[C@@H](C)C2)cs1)C1CC1.Cl. The van der Waals surface area contributed by atoms with Crippen molar-refractivity contribution in [3.05, 3.63) is 11.1 Å². The topological polar surface area (TPSA) is 48.5 Å². The van der Waals surface area contributed by atoms with Gasteiger partial charge in [0.25, 0.3) is 0 Å². The number of aromatic nitrogens is 1. The van der Waals surface area contributed by atoms with Gasteiger partial charge in [-0.2, -0.15) is 0 Å². The second kappa shape index (κ2) is 7.05. The minimum Gasteiger partial charge on any atom is -0.312 e. The van der Waals surface area contributed by atoms with Crippen LogP contribution in [-0.2, 0) is 11.3 Å². The van der Waals surface area contributed by atoms with Crippen LogP contribution in [0.15, 0.2) is 5.38 Å². The molecule has 1 saturated carbocycles. The van der Waals surface area contributed by atoms with Gasteiger partial charge in [-0.3, -0.25) is 14.6 Å². The lowest BCUT2D eigenvalue weighted by Crippen LogP contribution is -2.48. The normalized spacial score (nSPS) is 22.7. The van der Waals surface area contributed by atoms with Crippen molar-refractivity contribution < 1.29 is 4.79 Å². The highest BCUT2D eigenvalue weighted by atomic mass is 35.5. The van der Waals surface area contributed by atoms with Crippen LogP contribution in [-0.4, -0.2) is 47.5 Å². The summed E-state index contributed by atoms with van der Waals surface area (Å²) < 4.78 is 0. The molecule has 1 aromatic rings. The van der Waals surface area contributed by atoms with E-state index in [1.54, 1.807) is 18.3 Å². The van der Waals surface area contributed by atoms with Crippen molar-refractivity contribution in [3.63, 3.8) is 0 Å². The zero-order valence-corrected chi connectivity index (χ0v) is 14.2. The smallest absolute Gasteiger partial charge is 0.225 e. The van der Waals surface area contributed by atoms with Gasteiger partial charge in [0.05, 0.1) is 5.69 Å². The summed E-state index contributed by atoms with van der Waals surface area (Å²) in [5.41, 5.74) is 1.09. The number of nitrogens with one attached hydrogen (secondary N) is 1. The van der Waals surface area contributed by atoms with Gasteiger partial charge in [-0.1, -0.05) is 0 Å². The molecule has 1 aliphatic carbocycles. The Balaban J connectivity index is 0.00000161. The highest BCUT2D eigenvalue weighted by Gasteiger charge is 2.33. The first-order chi connectivity index (χ1) is 9.63. The number of carbonyl (C=O) groups is 1. The van der Waals surface area contributed by atoms with E-state index in [0.717, 1.165) is 49.8 Å². The van der Waals surface area contributed by atoms with Crippen molar-refractivity contribution in [2.75, 3.05) is 24.5 Å². The van der Waals surface area contributed by atoms with Crippen molar-refractivity contribution in [1.82, 2.24) is 15.2 Å². The Labute approximate surface area is 136 Å². The third kappa shape index (κ3) is 4.16. The fraction of sp³-hybridized carbons (Fsp3) is 0.714. The molecule has 1 aliphatic heterocycles. The molecule has 1 N–H and O–H groups in total. The number of halogens is 1. The predicted molar refractivity (Wildman–Crippen MR) is 88.3 cm³/mol. The van der Waals surface area contributed by atoms with Crippen LogP contribution < -0.4 is 10.2 Å². The Bertz CT molecular complexity index is 491. The van der Waals surface area contributed by atoms with Crippen molar-refractivity contribution in [2.45, 2.75) is 45.3 Å². The summed E-state index contributed by atoms with van der Waals surface area (Å²) in [5, 5.41) is 6.42. The number of rotatable bonds is 4.